The molecule has 0 aliphatic rings. The quantitative estimate of drug-likeness (QED) is 0.257. The zero-order chi connectivity index (χ0) is 13.1. The molecule has 4 nitrogen and oxygen atoms in total. The van der Waals surface area contributed by atoms with Gasteiger partial charge < -0.3 is 4.74 Å². The number of hydrogen-bond acceptors (Lipinski definition) is 4. The maximum absolute atomic E-state index is 12.1. The monoisotopic (exact) mass is 246 g/mol. The van der Waals surface area contributed by atoms with Gasteiger partial charge in [0.2, 0.25) is 0 Å². The zero-order valence-corrected chi connectivity index (χ0v) is 11.6. The molecule has 102 valence electrons. The van der Waals surface area contributed by atoms with E-state index in [0.717, 1.165) is 25.7 Å². The fraction of sp³-hybridized carbons (Fsp3) is 0.923. The van der Waals surface area contributed by atoms with Crippen molar-refractivity contribution in [2.75, 3.05) is 19.8 Å². The van der Waals surface area contributed by atoms with E-state index < -0.39 is 5.41 Å². The van der Waals surface area contributed by atoms with E-state index in [0.29, 0.717) is 13.2 Å². The standard InChI is InChI=1S/C13H26O4/c1-5-9-13(10-6-2,11-17-16-8-4)12(14)15-7-3/h5-11H2,1-4H3. The highest BCUT2D eigenvalue weighted by atomic mass is 17.2. The van der Waals surface area contributed by atoms with Crippen LogP contribution < -0.4 is 0 Å². The van der Waals surface area contributed by atoms with E-state index in [1.807, 2.05) is 13.8 Å². The molecular weight excluding hydrogens is 220 g/mol. The van der Waals surface area contributed by atoms with Crippen LogP contribution in [0.1, 0.15) is 53.4 Å². The molecule has 0 saturated heterocycles. The first-order chi connectivity index (χ1) is 8.16. The second-order valence-corrected chi connectivity index (χ2v) is 4.17. The Morgan fingerprint density at radius 1 is 0.941 bits per heavy atom. The first kappa shape index (κ1) is 16.4. The molecule has 4 heteroatoms. The third-order valence-corrected chi connectivity index (χ3v) is 2.70. The van der Waals surface area contributed by atoms with Crippen molar-refractivity contribution in [2.24, 2.45) is 5.41 Å². The summed E-state index contributed by atoms with van der Waals surface area (Å²) in [6.07, 6.45) is 3.39. The summed E-state index contributed by atoms with van der Waals surface area (Å²) in [5, 5.41) is 0. The largest absolute Gasteiger partial charge is 0.465 e. The van der Waals surface area contributed by atoms with Crippen molar-refractivity contribution >= 4 is 5.97 Å². The summed E-state index contributed by atoms with van der Waals surface area (Å²) in [5.74, 6) is -0.164. The van der Waals surface area contributed by atoms with Gasteiger partial charge in [-0.3, -0.25) is 4.79 Å². The Labute approximate surface area is 105 Å². The molecule has 0 spiro atoms. The van der Waals surface area contributed by atoms with Gasteiger partial charge in [0.05, 0.1) is 25.2 Å². The topological polar surface area (TPSA) is 44.8 Å². The van der Waals surface area contributed by atoms with Crippen LogP contribution in [0.4, 0.5) is 0 Å². The third-order valence-electron chi connectivity index (χ3n) is 2.70. The molecular formula is C13H26O4. The van der Waals surface area contributed by atoms with Crippen LogP contribution in [0.15, 0.2) is 0 Å². The van der Waals surface area contributed by atoms with Gasteiger partial charge in [-0.1, -0.05) is 26.7 Å². The average molecular weight is 246 g/mol. The summed E-state index contributed by atoms with van der Waals surface area (Å²) in [6.45, 7) is 8.96. The molecule has 0 aromatic rings. The van der Waals surface area contributed by atoms with Crippen molar-refractivity contribution in [3.05, 3.63) is 0 Å². The maximum atomic E-state index is 12.1. The van der Waals surface area contributed by atoms with Crippen molar-refractivity contribution < 1.29 is 19.3 Å². The molecule has 0 aromatic heterocycles. The lowest BCUT2D eigenvalue weighted by atomic mass is 9.80. The summed E-state index contributed by atoms with van der Waals surface area (Å²) >= 11 is 0. The molecule has 0 unspecified atom stereocenters. The van der Waals surface area contributed by atoms with Gasteiger partial charge in [0.15, 0.2) is 0 Å². The maximum Gasteiger partial charge on any atom is 0.314 e. The first-order valence-electron chi connectivity index (χ1n) is 6.58. The van der Waals surface area contributed by atoms with Gasteiger partial charge in [-0.2, -0.15) is 0 Å². The number of rotatable bonds is 10. The average Bonchev–Trinajstić information content (AvgIpc) is 2.30. The van der Waals surface area contributed by atoms with Crippen molar-refractivity contribution in [3.63, 3.8) is 0 Å². The normalized spacial score (nSPS) is 11.5. The summed E-state index contributed by atoms with van der Waals surface area (Å²) in [5.41, 5.74) is -0.547. The Balaban J connectivity index is 4.64. The molecule has 0 bridgehead atoms. The molecule has 0 fully saturated rings. The Morgan fingerprint density at radius 2 is 1.53 bits per heavy atom. The number of hydrogen-bond donors (Lipinski definition) is 0. The number of esters is 1. The second kappa shape index (κ2) is 9.42. The number of carbonyl (C=O) groups is 1. The summed E-state index contributed by atoms with van der Waals surface area (Å²) < 4.78 is 5.17. The predicted octanol–water partition coefficient (Wildman–Crippen LogP) is 3.10. The molecule has 0 heterocycles. The molecule has 0 rings (SSSR count). The van der Waals surface area contributed by atoms with E-state index in [2.05, 4.69) is 13.8 Å². The van der Waals surface area contributed by atoms with Gasteiger partial charge in [-0.05, 0) is 26.7 Å². The van der Waals surface area contributed by atoms with Crippen LogP contribution in [0.2, 0.25) is 0 Å². The second-order valence-electron chi connectivity index (χ2n) is 4.17. The van der Waals surface area contributed by atoms with E-state index in [9.17, 15) is 4.79 Å². The van der Waals surface area contributed by atoms with Crippen molar-refractivity contribution in [1.82, 2.24) is 0 Å². The molecule has 0 radical (unpaired) electrons. The van der Waals surface area contributed by atoms with Gasteiger partial charge in [-0.25, -0.2) is 9.78 Å². The van der Waals surface area contributed by atoms with E-state index in [1.165, 1.54) is 0 Å². The first-order valence-corrected chi connectivity index (χ1v) is 6.58. The predicted molar refractivity (Wildman–Crippen MR) is 66.5 cm³/mol. The van der Waals surface area contributed by atoms with Crippen LogP contribution in [0.3, 0.4) is 0 Å². The Hall–Kier alpha value is -0.610. The van der Waals surface area contributed by atoms with Crippen molar-refractivity contribution in [2.45, 2.75) is 53.4 Å². The number of ether oxygens (including phenoxy) is 1. The van der Waals surface area contributed by atoms with Crippen LogP contribution in [0.25, 0.3) is 0 Å². The molecule has 0 aliphatic carbocycles. The van der Waals surface area contributed by atoms with Gasteiger partial charge in [0.25, 0.3) is 0 Å². The van der Waals surface area contributed by atoms with Crippen LogP contribution >= 0.6 is 0 Å². The Bertz CT molecular complexity index is 198. The third kappa shape index (κ3) is 5.50. The Kier molecular flexibility index (Phi) is 9.09. The van der Waals surface area contributed by atoms with E-state index >= 15 is 0 Å². The lowest BCUT2D eigenvalue weighted by molar-refractivity contribution is -0.307. The minimum absolute atomic E-state index is 0.164. The highest BCUT2D eigenvalue weighted by molar-refractivity contribution is 5.77. The lowest BCUT2D eigenvalue weighted by Gasteiger charge is -2.29. The minimum atomic E-state index is -0.547. The molecule has 0 amide bonds. The van der Waals surface area contributed by atoms with Gasteiger partial charge in [-0.15, -0.1) is 0 Å². The van der Waals surface area contributed by atoms with Crippen LogP contribution in [-0.2, 0) is 19.3 Å². The van der Waals surface area contributed by atoms with Crippen molar-refractivity contribution in [1.29, 1.82) is 0 Å². The van der Waals surface area contributed by atoms with Crippen molar-refractivity contribution in [3.8, 4) is 0 Å². The fourth-order valence-electron chi connectivity index (χ4n) is 2.01. The lowest BCUT2D eigenvalue weighted by Crippen LogP contribution is -2.37. The van der Waals surface area contributed by atoms with E-state index in [4.69, 9.17) is 14.5 Å². The summed E-state index contributed by atoms with van der Waals surface area (Å²) in [7, 11) is 0. The molecule has 17 heavy (non-hydrogen) atoms. The summed E-state index contributed by atoms with van der Waals surface area (Å²) in [4.78, 5) is 22.1. The molecule has 0 saturated carbocycles. The fourth-order valence-corrected chi connectivity index (χ4v) is 2.01. The zero-order valence-electron chi connectivity index (χ0n) is 11.6. The molecule has 0 N–H and O–H groups in total. The highest BCUT2D eigenvalue weighted by Crippen LogP contribution is 2.32. The Morgan fingerprint density at radius 3 is 1.94 bits per heavy atom. The smallest absolute Gasteiger partial charge is 0.314 e. The van der Waals surface area contributed by atoms with E-state index in [-0.39, 0.29) is 12.6 Å². The number of carbonyl (C=O) groups excluding carboxylic acids is 1. The molecule has 0 aliphatic heterocycles. The molecule has 0 atom stereocenters. The van der Waals surface area contributed by atoms with Gasteiger partial charge in [0, 0.05) is 0 Å². The van der Waals surface area contributed by atoms with E-state index in [1.54, 1.807) is 0 Å². The van der Waals surface area contributed by atoms with Crippen LogP contribution in [0, 0.1) is 5.41 Å². The van der Waals surface area contributed by atoms with Gasteiger partial charge >= 0.3 is 5.97 Å². The SMILES string of the molecule is CCCC(CCC)(COOCC)C(=O)OCC. The van der Waals surface area contributed by atoms with Crippen LogP contribution in [-0.4, -0.2) is 25.8 Å². The highest BCUT2D eigenvalue weighted by Gasteiger charge is 2.39. The minimum Gasteiger partial charge on any atom is -0.465 e. The summed E-state index contributed by atoms with van der Waals surface area (Å²) in [6, 6.07) is 0. The van der Waals surface area contributed by atoms with Gasteiger partial charge in [0.1, 0.15) is 0 Å². The van der Waals surface area contributed by atoms with Crippen LogP contribution in [0.5, 0.6) is 0 Å². The molecule has 0 aromatic carbocycles.